The summed E-state index contributed by atoms with van der Waals surface area (Å²) in [6, 6.07) is 6.59. The highest BCUT2D eigenvalue weighted by molar-refractivity contribution is 6.08. The number of carbonyl (C=O) groups excluding carboxylic acids is 4. The van der Waals surface area contributed by atoms with E-state index in [-0.39, 0.29) is 30.0 Å². The SMILES string of the molecule is Cc1cc(C(=O)NNC(=O)C(CC(C)C)N2C(=O)C3CC=CCC3C2=O)c(C)n1-c1ccc(F)cc1. The van der Waals surface area contributed by atoms with Gasteiger partial charge in [-0.2, -0.15) is 0 Å². The Hall–Kier alpha value is -3.75. The summed E-state index contributed by atoms with van der Waals surface area (Å²) in [5, 5.41) is 0. The number of aryl methyl sites for hydroxylation is 1. The lowest BCUT2D eigenvalue weighted by molar-refractivity contribution is -0.148. The highest BCUT2D eigenvalue weighted by Crippen LogP contribution is 2.37. The van der Waals surface area contributed by atoms with Gasteiger partial charge in [0.2, 0.25) is 11.8 Å². The molecule has 8 nitrogen and oxygen atoms in total. The minimum absolute atomic E-state index is 0.0347. The fourth-order valence-corrected chi connectivity index (χ4v) is 5.16. The fraction of sp³-hybridized carbons (Fsp3) is 0.407. The molecule has 1 aliphatic carbocycles. The highest BCUT2D eigenvalue weighted by atomic mass is 19.1. The standard InChI is InChI=1S/C27H31FN4O4/c1-15(2)13-23(32-26(35)20-7-5-6-8-21(20)27(32)36)25(34)30-29-24(33)22-14-16(3)31(17(22)4)19-11-9-18(28)10-12-19/h5-6,9-12,14-15,20-21,23H,7-8,13H2,1-4H3,(H,29,33)(H,30,34). The van der Waals surface area contributed by atoms with Crippen molar-refractivity contribution in [1.82, 2.24) is 20.3 Å². The summed E-state index contributed by atoms with van der Waals surface area (Å²) in [6.45, 7) is 7.39. The number of amides is 4. The van der Waals surface area contributed by atoms with Gasteiger partial charge in [-0.15, -0.1) is 0 Å². The Labute approximate surface area is 209 Å². The van der Waals surface area contributed by atoms with Crippen LogP contribution in [0.2, 0.25) is 0 Å². The van der Waals surface area contributed by atoms with Gasteiger partial charge in [0.05, 0.1) is 17.4 Å². The second-order valence-corrected chi connectivity index (χ2v) is 9.89. The van der Waals surface area contributed by atoms with Gasteiger partial charge < -0.3 is 4.57 Å². The number of hydrazine groups is 1. The molecule has 0 radical (unpaired) electrons. The number of imide groups is 1. The molecule has 1 fully saturated rings. The van der Waals surface area contributed by atoms with Crippen LogP contribution in [0.25, 0.3) is 5.69 Å². The van der Waals surface area contributed by atoms with Gasteiger partial charge >= 0.3 is 0 Å². The lowest BCUT2D eigenvalue weighted by Crippen LogP contribution is -2.54. The van der Waals surface area contributed by atoms with E-state index in [1.165, 1.54) is 12.1 Å². The van der Waals surface area contributed by atoms with Gasteiger partial charge in [-0.1, -0.05) is 26.0 Å². The van der Waals surface area contributed by atoms with Gasteiger partial charge in [0.1, 0.15) is 11.9 Å². The van der Waals surface area contributed by atoms with E-state index in [2.05, 4.69) is 10.9 Å². The molecule has 3 unspecified atom stereocenters. The van der Waals surface area contributed by atoms with Crippen LogP contribution in [0.15, 0.2) is 42.5 Å². The molecular weight excluding hydrogens is 463 g/mol. The first kappa shape index (κ1) is 25.3. The number of benzene rings is 1. The van der Waals surface area contributed by atoms with Gasteiger partial charge in [-0.3, -0.25) is 34.9 Å². The summed E-state index contributed by atoms with van der Waals surface area (Å²) in [5.74, 6) is -3.00. The number of halogens is 1. The second kappa shape index (κ2) is 10.1. The first-order valence-electron chi connectivity index (χ1n) is 12.2. The quantitative estimate of drug-likeness (QED) is 0.365. The number of nitrogens with one attached hydrogen (secondary N) is 2. The van der Waals surface area contributed by atoms with Crippen molar-refractivity contribution in [3.8, 4) is 5.69 Å². The maximum Gasteiger partial charge on any atom is 0.271 e. The van der Waals surface area contributed by atoms with Crippen molar-refractivity contribution in [2.45, 2.75) is 53.0 Å². The summed E-state index contributed by atoms with van der Waals surface area (Å²) >= 11 is 0. The van der Waals surface area contributed by atoms with Crippen molar-refractivity contribution >= 4 is 23.6 Å². The number of likely N-dealkylation sites (tertiary alicyclic amines) is 1. The molecule has 3 atom stereocenters. The Morgan fingerprint density at radius 1 is 1.00 bits per heavy atom. The number of rotatable bonds is 6. The van der Waals surface area contributed by atoms with Crippen LogP contribution in [-0.4, -0.2) is 39.1 Å². The molecule has 0 spiro atoms. The van der Waals surface area contributed by atoms with Crippen molar-refractivity contribution in [3.05, 3.63) is 65.3 Å². The third kappa shape index (κ3) is 4.69. The molecule has 2 aliphatic rings. The smallest absolute Gasteiger partial charge is 0.271 e. The van der Waals surface area contributed by atoms with E-state index in [1.807, 2.05) is 37.5 Å². The van der Waals surface area contributed by atoms with Crippen LogP contribution in [0, 0.1) is 37.4 Å². The first-order valence-corrected chi connectivity index (χ1v) is 12.2. The molecule has 0 bridgehead atoms. The zero-order valence-corrected chi connectivity index (χ0v) is 20.9. The largest absolute Gasteiger partial charge is 0.318 e. The van der Waals surface area contributed by atoms with Gasteiger partial charge in [0.15, 0.2) is 0 Å². The molecule has 36 heavy (non-hydrogen) atoms. The van der Waals surface area contributed by atoms with E-state index in [4.69, 9.17) is 0 Å². The molecular formula is C27H31FN4O4. The number of allylic oxidation sites excluding steroid dienone is 2. The average molecular weight is 495 g/mol. The Kier molecular flexibility index (Phi) is 7.10. The molecule has 9 heteroatoms. The number of hydrogen-bond acceptors (Lipinski definition) is 4. The van der Waals surface area contributed by atoms with E-state index in [0.29, 0.717) is 29.8 Å². The van der Waals surface area contributed by atoms with Gasteiger partial charge in [-0.25, -0.2) is 4.39 Å². The van der Waals surface area contributed by atoms with E-state index < -0.39 is 29.7 Å². The Bertz CT molecular complexity index is 1210. The highest BCUT2D eigenvalue weighted by Gasteiger charge is 2.51. The van der Waals surface area contributed by atoms with E-state index in [0.717, 1.165) is 10.6 Å². The zero-order chi connectivity index (χ0) is 26.1. The summed E-state index contributed by atoms with van der Waals surface area (Å²) in [6.07, 6.45) is 5.06. The molecule has 1 saturated heterocycles. The Balaban J connectivity index is 1.50. The third-order valence-corrected chi connectivity index (χ3v) is 6.91. The van der Waals surface area contributed by atoms with Crippen molar-refractivity contribution in [1.29, 1.82) is 0 Å². The first-order chi connectivity index (χ1) is 17.1. The normalized spacial score (nSPS) is 20.0. The van der Waals surface area contributed by atoms with Gasteiger partial charge in [-0.05, 0) is 69.4 Å². The monoisotopic (exact) mass is 494 g/mol. The van der Waals surface area contributed by atoms with Crippen LogP contribution in [0.1, 0.15) is 54.9 Å². The second-order valence-electron chi connectivity index (χ2n) is 9.89. The lowest BCUT2D eigenvalue weighted by Gasteiger charge is -2.27. The van der Waals surface area contributed by atoms with Crippen LogP contribution in [0.5, 0.6) is 0 Å². The number of hydrogen-bond donors (Lipinski definition) is 2. The maximum absolute atomic E-state index is 13.3. The van der Waals surface area contributed by atoms with Crippen LogP contribution in [0.3, 0.4) is 0 Å². The predicted octanol–water partition coefficient (Wildman–Crippen LogP) is 3.36. The topological polar surface area (TPSA) is 101 Å². The summed E-state index contributed by atoms with van der Waals surface area (Å²) < 4.78 is 15.2. The summed E-state index contributed by atoms with van der Waals surface area (Å²) in [5.41, 5.74) is 7.28. The van der Waals surface area contributed by atoms with Crippen molar-refractivity contribution in [3.63, 3.8) is 0 Å². The van der Waals surface area contributed by atoms with E-state index in [9.17, 15) is 23.6 Å². The van der Waals surface area contributed by atoms with Crippen molar-refractivity contribution in [2.24, 2.45) is 17.8 Å². The van der Waals surface area contributed by atoms with Crippen LogP contribution in [-0.2, 0) is 14.4 Å². The van der Waals surface area contributed by atoms with Crippen LogP contribution in [0.4, 0.5) is 4.39 Å². The minimum Gasteiger partial charge on any atom is -0.318 e. The summed E-state index contributed by atoms with van der Waals surface area (Å²) in [4.78, 5) is 53.4. The van der Waals surface area contributed by atoms with Gasteiger partial charge in [0.25, 0.3) is 11.8 Å². The summed E-state index contributed by atoms with van der Waals surface area (Å²) in [7, 11) is 0. The van der Waals surface area contributed by atoms with E-state index in [1.54, 1.807) is 25.1 Å². The number of aromatic nitrogens is 1. The average Bonchev–Trinajstić information content (AvgIpc) is 3.28. The molecule has 2 N–H and O–H groups in total. The van der Waals surface area contributed by atoms with Crippen LogP contribution < -0.4 is 10.9 Å². The molecule has 1 aromatic heterocycles. The Morgan fingerprint density at radius 3 is 2.14 bits per heavy atom. The van der Waals surface area contributed by atoms with Crippen molar-refractivity contribution < 1.29 is 23.6 Å². The predicted molar refractivity (Wildman–Crippen MR) is 131 cm³/mol. The van der Waals surface area contributed by atoms with Gasteiger partial charge in [0, 0.05) is 17.1 Å². The molecule has 1 aliphatic heterocycles. The van der Waals surface area contributed by atoms with E-state index >= 15 is 0 Å². The molecule has 4 amide bonds. The third-order valence-electron chi connectivity index (χ3n) is 6.91. The molecule has 2 heterocycles. The Morgan fingerprint density at radius 2 is 1.58 bits per heavy atom. The van der Waals surface area contributed by atoms with Crippen LogP contribution >= 0.6 is 0 Å². The molecule has 1 aromatic carbocycles. The lowest BCUT2D eigenvalue weighted by atomic mass is 9.85. The molecule has 190 valence electrons. The number of nitrogens with zero attached hydrogens (tertiary/aromatic N) is 2. The number of carbonyl (C=O) groups is 4. The van der Waals surface area contributed by atoms with Crippen molar-refractivity contribution in [2.75, 3.05) is 0 Å². The molecule has 0 saturated carbocycles. The fourth-order valence-electron chi connectivity index (χ4n) is 5.16. The molecule has 4 rings (SSSR count). The maximum atomic E-state index is 13.3. The number of fused-ring (bicyclic) bond motifs is 1. The molecule has 2 aromatic rings. The zero-order valence-electron chi connectivity index (χ0n) is 20.9. The minimum atomic E-state index is -1.01.